The minimum atomic E-state index is -0.186. The van der Waals surface area contributed by atoms with E-state index in [4.69, 9.17) is 9.47 Å². The van der Waals surface area contributed by atoms with Gasteiger partial charge in [0.15, 0.2) is 11.6 Å². The van der Waals surface area contributed by atoms with Crippen LogP contribution >= 0.6 is 0 Å². The lowest BCUT2D eigenvalue weighted by Gasteiger charge is -2.22. The monoisotopic (exact) mass is 372 g/mol. The SMILES string of the molecule is CCOC1=C/C(=C2/C=Cc3c(OCC)cccc3C2=O)C(=O)c2ccccc21. The highest BCUT2D eigenvalue weighted by Gasteiger charge is 2.30. The summed E-state index contributed by atoms with van der Waals surface area (Å²) in [6, 6.07) is 12.7. The average Bonchev–Trinajstić information content (AvgIpc) is 2.72. The third-order valence-corrected chi connectivity index (χ3v) is 4.82. The topological polar surface area (TPSA) is 52.6 Å². The van der Waals surface area contributed by atoms with E-state index in [-0.39, 0.29) is 11.6 Å². The Morgan fingerprint density at radius 2 is 1.39 bits per heavy atom. The fraction of sp³-hybridized carbons (Fsp3) is 0.167. The number of carbonyl (C=O) groups excluding carboxylic acids is 2. The standard InChI is InChI=1S/C24H20O4/c1-3-27-21-11-7-10-18-16(21)12-13-19(23(18)25)20-14-22(28-4-2)15-8-5-6-9-17(15)24(20)26/h5-14H,3-4H2,1-2H3/b20-19+. The molecular formula is C24H20O4. The van der Waals surface area contributed by atoms with Gasteiger partial charge in [-0.05, 0) is 38.1 Å². The molecule has 0 amide bonds. The molecule has 2 aliphatic rings. The zero-order valence-electron chi connectivity index (χ0n) is 15.8. The Balaban J connectivity index is 1.87. The number of ether oxygens (including phenoxy) is 2. The summed E-state index contributed by atoms with van der Waals surface area (Å²) in [5.41, 5.74) is 3.31. The van der Waals surface area contributed by atoms with Gasteiger partial charge in [0.1, 0.15) is 11.5 Å². The zero-order valence-corrected chi connectivity index (χ0v) is 15.8. The molecule has 0 aromatic heterocycles. The van der Waals surface area contributed by atoms with Gasteiger partial charge in [-0.2, -0.15) is 0 Å². The van der Waals surface area contributed by atoms with Crippen LogP contribution in [-0.2, 0) is 4.74 Å². The Bertz CT molecular complexity index is 1070. The molecule has 0 bridgehead atoms. The van der Waals surface area contributed by atoms with E-state index >= 15 is 0 Å². The highest BCUT2D eigenvalue weighted by Crippen LogP contribution is 2.36. The van der Waals surface area contributed by atoms with E-state index < -0.39 is 0 Å². The molecule has 4 rings (SSSR count). The van der Waals surface area contributed by atoms with Gasteiger partial charge in [-0.15, -0.1) is 0 Å². The van der Waals surface area contributed by atoms with Crippen molar-refractivity contribution in [3.63, 3.8) is 0 Å². The second-order valence-electron chi connectivity index (χ2n) is 6.46. The molecule has 0 N–H and O–H groups in total. The maximum atomic E-state index is 13.2. The van der Waals surface area contributed by atoms with Crippen LogP contribution in [0.1, 0.15) is 45.7 Å². The number of allylic oxidation sites excluding steroid dienone is 4. The van der Waals surface area contributed by atoms with E-state index in [1.54, 1.807) is 30.4 Å². The summed E-state index contributed by atoms with van der Waals surface area (Å²) in [6.07, 6.45) is 5.23. The summed E-state index contributed by atoms with van der Waals surface area (Å²) in [5, 5.41) is 0. The van der Waals surface area contributed by atoms with E-state index in [2.05, 4.69) is 0 Å². The molecule has 0 atom stereocenters. The molecule has 4 heteroatoms. The van der Waals surface area contributed by atoms with Crippen molar-refractivity contribution in [2.24, 2.45) is 0 Å². The predicted octanol–water partition coefficient (Wildman–Crippen LogP) is 4.87. The van der Waals surface area contributed by atoms with Gasteiger partial charge < -0.3 is 9.47 Å². The highest BCUT2D eigenvalue weighted by atomic mass is 16.5. The number of rotatable bonds is 4. The van der Waals surface area contributed by atoms with Crippen LogP contribution in [0, 0.1) is 0 Å². The van der Waals surface area contributed by atoms with Gasteiger partial charge in [-0.3, -0.25) is 9.59 Å². The number of ketones is 2. The lowest BCUT2D eigenvalue weighted by molar-refractivity contribution is 0.100. The van der Waals surface area contributed by atoms with E-state index in [9.17, 15) is 9.59 Å². The smallest absolute Gasteiger partial charge is 0.194 e. The van der Waals surface area contributed by atoms with Crippen LogP contribution in [0.4, 0.5) is 0 Å². The zero-order chi connectivity index (χ0) is 19.7. The Hall–Kier alpha value is -3.40. The summed E-state index contributed by atoms with van der Waals surface area (Å²) in [6.45, 7) is 4.78. The van der Waals surface area contributed by atoms with Crippen LogP contribution in [-0.4, -0.2) is 24.8 Å². The number of carbonyl (C=O) groups is 2. The van der Waals surface area contributed by atoms with Crippen molar-refractivity contribution in [1.29, 1.82) is 0 Å². The first-order chi connectivity index (χ1) is 13.7. The Kier molecular flexibility index (Phi) is 4.70. The van der Waals surface area contributed by atoms with E-state index in [1.807, 2.05) is 44.2 Å². The molecular weight excluding hydrogens is 352 g/mol. The van der Waals surface area contributed by atoms with Gasteiger partial charge in [-0.1, -0.05) is 36.4 Å². The first-order valence-electron chi connectivity index (χ1n) is 9.37. The van der Waals surface area contributed by atoms with Crippen molar-refractivity contribution < 1.29 is 19.1 Å². The molecule has 0 heterocycles. The number of hydrogen-bond acceptors (Lipinski definition) is 4. The third kappa shape index (κ3) is 2.87. The number of fused-ring (bicyclic) bond motifs is 2. The largest absolute Gasteiger partial charge is 0.493 e. The number of benzene rings is 2. The average molecular weight is 372 g/mol. The lowest BCUT2D eigenvalue weighted by atomic mass is 9.83. The maximum Gasteiger partial charge on any atom is 0.194 e. The normalized spacial score (nSPS) is 17.7. The van der Waals surface area contributed by atoms with Gasteiger partial charge in [0.2, 0.25) is 0 Å². The van der Waals surface area contributed by atoms with Gasteiger partial charge in [0, 0.05) is 33.4 Å². The summed E-state index contributed by atoms with van der Waals surface area (Å²) in [5.74, 6) is 0.917. The lowest BCUT2D eigenvalue weighted by Crippen LogP contribution is -2.18. The molecule has 0 radical (unpaired) electrons. The van der Waals surface area contributed by atoms with Gasteiger partial charge >= 0.3 is 0 Å². The molecule has 0 saturated carbocycles. The van der Waals surface area contributed by atoms with Gasteiger partial charge in [-0.25, -0.2) is 0 Å². The Morgan fingerprint density at radius 1 is 0.714 bits per heavy atom. The first kappa shape index (κ1) is 18.0. The molecule has 2 aromatic carbocycles. The predicted molar refractivity (Wildman–Crippen MR) is 108 cm³/mol. The molecule has 28 heavy (non-hydrogen) atoms. The van der Waals surface area contributed by atoms with Crippen LogP contribution in [0.3, 0.4) is 0 Å². The van der Waals surface area contributed by atoms with Crippen LogP contribution in [0.2, 0.25) is 0 Å². The Labute approximate surface area is 163 Å². The van der Waals surface area contributed by atoms with E-state index in [1.165, 1.54) is 0 Å². The van der Waals surface area contributed by atoms with Crippen LogP contribution < -0.4 is 4.74 Å². The van der Waals surface area contributed by atoms with Crippen LogP contribution in [0.15, 0.2) is 65.8 Å². The minimum Gasteiger partial charge on any atom is -0.493 e. The van der Waals surface area contributed by atoms with Crippen molar-refractivity contribution in [3.8, 4) is 5.75 Å². The minimum absolute atomic E-state index is 0.170. The molecule has 0 fully saturated rings. The highest BCUT2D eigenvalue weighted by molar-refractivity contribution is 6.25. The van der Waals surface area contributed by atoms with Crippen molar-refractivity contribution in [1.82, 2.24) is 0 Å². The molecule has 0 aliphatic heterocycles. The quantitative estimate of drug-likeness (QED) is 0.719. The van der Waals surface area contributed by atoms with Crippen molar-refractivity contribution in [2.75, 3.05) is 13.2 Å². The number of Topliss-reactive ketones (excluding diaryl/α,β-unsaturated/α-hetero) is 2. The number of hydrogen-bond donors (Lipinski definition) is 0. The summed E-state index contributed by atoms with van der Waals surface area (Å²) < 4.78 is 11.4. The molecule has 140 valence electrons. The Morgan fingerprint density at radius 3 is 2.14 bits per heavy atom. The third-order valence-electron chi connectivity index (χ3n) is 4.82. The summed E-state index contributed by atoms with van der Waals surface area (Å²) in [7, 11) is 0. The van der Waals surface area contributed by atoms with E-state index in [0.717, 1.165) is 11.1 Å². The van der Waals surface area contributed by atoms with Crippen molar-refractivity contribution >= 4 is 23.4 Å². The van der Waals surface area contributed by atoms with Crippen molar-refractivity contribution in [2.45, 2.75) is 13.8 Å². The molecule has 2 aromatic rings. The molecule has 0 saturated heterocycles. The van der Waals surface area contributed by atoms with Crippen molar-refractivity contribution in [3.05, 3.63) is 88.0 Å². The fourth-order valence-corrected chi connectivity index (χ4v) is 3.59. The van der Waals surface area contributed by atoms with Crippen LogP contribution in [0.25, 0.3) is 11.8 Å². The fourth-order valence-electron chi connectivity index (χ4n) is 3.59. The summed E-state index contributed by atoms with van der Waals surface area (Å²) in [4.78, 5) is 26.3. The molecule has 0 spiro atoms. The van der Waals surface area contributed by atoms with Crippen LogP contribution in [0.5, 0.6) is 5.75 Å². The first-order valence-corrected chi connectivity index (χ1v) is 9.37. The van der Waals surface area contributed by atoms with Gasteiger partial charge in [0.05, 0.1) is 13.2 Å². The molecule has 2 aliphatic carbocycles. The molecule has 0 unspecified atom stereocenters. The maximum absolute atomic E-state index is 13.2. The molecule has 4 nitrogen and oxygen atoms in total. The summed E-state index contributed by atoms with van der Waals surface area (Å²) >= 11 is 0. The van der Waals surface area contributed by atoms with E-state index in [0.29, 0.717) is 47.0 Å². The van der Waals surface area contributed by atoms with Gasteiger partial charge in [0.25, 0.3) is 0 Å². The second kappa shape index (κ2) is 7.31. The second-order valence-corrected chi connectivity index (χ2v) is 6.46.